The van der Waals surface area contributed by atoms with Crippen LogP contribution in [0.2, 0.25) is 0 Å². The molecule has 122 valence electrons. The maximum atomic E-state index is 12.5. The second-order valence-electron chi connectivity index (χ2n) is 5.45. The van der Waals surface area contributed by atoms with Gasteiger partial charge in [0.05, 0.1) is 5.69 Å². The molecule has 1 amide bonds. The molecular weight excluding hydrogens is 288 g/mol. The second-order valence-corrected chi connectivity index (χ2v) is 5.45. The summed E-state index contributed by atoms with van der Waals surface area (Å²) in [5.41, 5.74) is 9.54. The minimum absolute atomic E-state index is 0.177. The summed E-state index contributed by atoms with van der Waals surface area (Å²) in [7, 11) is 0. The van der Waals surface area contributed by atoms with Gasteiger partial charge in [-0.05, 0) is 43.0 Å². The first-order valence-corrected chi connectivity index (χ1v) is 7.99. The lowest BCUT2D eigenvalue weighted by molar-refractivity contribution is -0.122. The van der Waals surface area contributed by atoms with Gasteiger partial charge < -0.3 is 15.8 Å². The molecule has 0 aromatic heterocycles. The number of ether oxygens (including phenoxy) is 1. The number of carbonyl (C=O) groups excluding carboxylic acids is 1. The van der Waals surface area contributed by atoms with Crippen molar-refractivity contribution in [3.05, 3.63) is 53.6 Å². The third-order valence-corrected chi connectivity index (χ3v) is 3.84. The zero-order valence-electron chi connectivity index (χ0n) is 13.9. The molecule has 2 rings (SSSR count). The van der Waals surface area contributed by atoms with E-state index in [0.717, 1.165) is 29.7 Å². The van der Waals surface area contributed by atoms with Gasteiger partial charge in [0.15, 0.2) is 6.10 Å². The summed E-state index contributed by atoms with van der Waals surface area (Å²) in [4.78, 5) is 12.5. The lowest BCUT2D eigenvalue weighted by Crippen LogP contribution is -2.31. The standard InChI is InChI=1S/C19H24N2O2/c1-4-14-9-8-10-15(5-2)18(14)21-19(22)13(3)23-17-12-7-6-11-16(17)20/h6-13H,4-5,20H2,1-3H3,(H,21,22). The lowest BCUT2D eigenvalue weighted by Gasteiger charge is -2.19. The van der Waals surface area contributed by atoms with Crippen LogP contribution in [0.1, 0.15) is 31.9 Å². The number of carbonyl (C=O) groups is 1. The number of benzene rings is 2. The molecule has 4 heteroatoms. The van der Waals surface area contributed by atoms with Gasteiger partial charge in [0.2, 0.25) is 0 Å². The number of hydrogen-bond donors (Lipinski definition) is 2. The topological polar surface area (TPSA) is 64.3 Å². The Hall–Kier alpha value is -2.49. The van der Waals surface area contributed by atoms with E-state index in [1.54, 1.807) is 19.1 Å². The predicted molar refractivity (Wildman–Crippen MR) is 94.8 cm³/mol. The van der Waals surface area contributed by atoms with Gasteiger partial charge in [-0.2, -0.15) is 0 Å². The number of amides is 1. The highest BCUT2D eigenvalue weighted by atomic mass is 16.5. The van der Waals surface area contributed by atoms with E-state index in [1.807, 2.05) is 30.3 Å². The molecule has 0 saturated carbocycles. The van der Waals surface area contributed by atoms with Crippen molar-refractivity contribution >= 4 is 17.3 Å². The van der Waals surface area contributed by atoms with Crippen LogP contribution in [-0.2, 0) is 17.6 Å². The molecule has 0 aliphatic heterocycles. The van der Waals surface area contributed by atoms with Gasteiger partial charge in [-0.1, -0.05) is 44.2 Å². The largest absolute Gasteiger partial charge is 0.479 e. The second kappa shape index (κ2) is 7.68. The number of nitrogen functional groups attached to an aromatic ring is 1. The van der Waals surface area contributed by atoms with Crippen molar-refractivity contribution in [3.63, 3.8) is 0 Å². The molecule has 1 unspecified atom stereocenters. The van der Waals surface area contributed by atoms with Crippen molar-refractivity contribution in [1.29, 1.82) is 0 Å². The molecule has 0 aliphatic rings. The monoisotopic (exact) mass is 312 g/mol. The Kier molecular flexibility index (Phi) is 5.63. The highest BCUT2D eigenvalue weighted by Crippen LogP contribution is 2.24. The molecule has 4 nitrogen and oxygen atoms in total. The zero-order valence-corrected chi connectivity index (χ0v) is 13.9. The molecule has 2 aromatic rings. The molecule has 3 N–H and O–H groups in total. The average molecular weight is 312 g/mol. The van der Waals surface area contributed by atoms with Gasteiger partial charge in [0.25, 0.3) is 5.91 Å². The van der Waals surface area contributed by atoms with E-state index in [0.29, 0.717) is 11.4 Å². The van der Waals surface area contributed by atoms with E-state index in [-0.39, 0.29) is 5.91 Å². The van der Waals surface area contributed by atoms with Crippen molar-refractivity contribution in [3.8, 4) is 5.75 Å². The number of hydrogen-bond acceptors (Lipinski definition) is 3. The first kappa shape index (κ1) is 16.9. The molecule has 0 bridgehead atoms. The fourth-order valence-corrected chi connectivity index (χ4v) is 2.46. The van der Waals surface area contributed by atoms with E-state index < -0.39 is 6.10 Å². The molecular formula is C19H24N2O2. The Morgan fingerprint density at radius 2 is 1.70 bits per heavy atom. The fraction of sp³-hybridized carbons (Fsp3) is 0.316. The van der Waals surface area contributed by atoms with Crippen molar-refractivity contribution in [2.45, 2.75) is 39.7 Å². The highest BCUT2D eigenvalue weighted by Gasteiger charge is 2.18. The van der Waals surface area contributed by atoms with E-state index >= 15 is 0 Å². The molecule has 0 saturated heterocycles. The van der Waals surface area contributed by atoms with Gasteiger partial charge in [0.1, 0.15) is 5.75 Å². The molecule has 23 heavy (non-hydrogen) atoms. The van der Waals surface area contributed by atoms with Crippen LogP contribution in [0.3, 0.4) is 0 Å². The number of nitrogens with one attached hydrogen (secondary N) is 1. The summed E-state index contributed by atoms with van der Waals surface area (Å²) in [6.45, 7) is 5.88. The maximum Gasteiger partial charge on any atom is 0.265 e. The first-order chi connectivity index (χ1) is 11.1. The molecule has 1 atom stereocenters. The minimum atomic E-state index is -0.630. The van der Waals surface area contributed by atoms with Crippen molar-refractivity contribution in [1.82, 2.24) is 0 Å². The summed E-state index contributed by atoms with van der Waals surface area (Å²) < 4.78 is 5.69. The van der Waals surface area contributed by atoms with Crippen LogP contribution in [0, 0.1) is 0 Å². The Morgan fingerprint density at radius 3 is 2.26 bits per heavy atom. The van der Waals surface area contributed by atoms with Crippen LogP contribution in [0.25, 0.3) is 0 Å². The van der Waals surface area contributed by atoms with E-state index in [4.69, 9.17) is 10.5 Å². The van der Waals surface area contributed by atoms with Gasteiger partial charge in [-0.25, -0.2) is 0 Å². The van der Waals surface area contributed by atoms with Crippen LogP contribution in [0.5, 0.6) is 5.75 Å². The summed E-state index contributed by atoms with van der Waals surface area (Å²) in [6, 6.07) is 13.3. The average Bonchev–Trinajstić information content (AvgIpc) is 2.56. The number of para-hydroxylation sites is 3. The summed E-state index contributed by atoms with van der Waals surface area (Å²) in [6.07, 6.45) is 1.10. The third kappa shape index (κ3) is 4.03. The van der Waals surface area contributed by atoms with Gasteiger partial charge in [-0.3, -0.25) is 4.79 Å². The first-order valence-electron chi connectivity index (χ1n) is 7.99. The Morgan fingerprint density at radius 1 is 1.09 bits per heavy atom. The molecule has 2 aromatic carbocycles. The van der Waals surface area contributed by atoms with E-state index in [1.165, 1.54) is 0 Å². The highest BCUT2D eigenvalue weighted by molar-refractivity contribution is 5.95. The molecule has 0 aliphatic carbocycles. The fourth-order valence-electron chi connectivity index (χ4n) is 2.46. The SMILES string of the molecule is CCc1cccc(CC)c1NC(=O)C(C)Oc1ccccc1N. The Bertz CT molecular complexity index is 661. The Labute approximate surface area is 137 Å². The van der Waals surface area contributed by atoms with E-state index in [9.17, 15) is 4.79 Å². The molecule has 0 heterocycles. The van der Waals surface area contributed by atoms with E-state index in [2.05, 4.69) is 19.2 Å². The van der Waals surface area contributed by atoms with Crippen LogP contribution in [0.15, 0.2) is 42.5 Å². The van der Waals surface area contributed by atoms with Crippen molar-refractivity contribution in [2.75, 3.05) is 11.1 Å². The predicted octanol–water partition coefficient (Wildman–Crippen LogP) is 3.80. The number of nitrogens with two attached hydrogens (primary N) is 1. The Balaban J connectivity index is 2.14. The number of aryl methyl sites for hydroxylation is 2. The summed E-state index contributed by atoms with van der Waals surface area (Å²) in [5.74, 6) is 0.346. The minimum Gasteiger partial charge on any atom is -0.479 e. The van der Waals surface area contributed by atoms with Crippen molar-refractivity contribution in [2.24, 2.45) is 0 Å². The van der Waals surface area contributed by atoms with Gasteiger partial charge >= 0.3 is 0 Å². The smallest absolute Gasteiger partial charge is 0.265 e. The molecule has 0 fully saturated rings. The lowest BCUT2D eigenvalue weighted by atomic mass is 10.0. The molecule has 0 radical (unpaired) electrons. The van der Waals surface area contributed by atoms with Gasteiger partial charge in [0, 0.05) is 5.69 Å². The molecule has 0 spiro atoms. The third-order valence-electron chi connectivity index (χ3n) is 3.84. The zero-order chi connectivity index (χ0) is 16.8. The normalized spacial score (nSPS) is 11.8. The van der Waals surface area contributed by atoms with Crippen molar-refractivity contribution < 1.29 is 9.53 Å². The summed E-state index contributed by atoms with van der Waals surface area (Å²) >= 11 is 0. The number of anilines is 2. The van der Waals surface area contributed by atoms with Crippen LogP contribution < -0.4 is 15.8 Å². The number of rotatable bonds is 6. The van der Waals surface area contributed by atoms with Gasteiger partial charge in [-0.15, -0.1) is 0 Å². The van der Waals surface area contributed by atoms with Crippen LogP contribution in [0.4, 0.5) is 11.4 Å². The summed E-state index contributed by atoms with van der Waals surface area (Å²) in [5, 5.41) is 3.02. The van der Waals surface area contributed by atoms with Crippen LogP contribution >= 0.6 is 0 Å². The quantitative estimate of drug-likeness (QED) is 0.797. The maximum absolute atomic E-state index is 12.5. The van der Waals surface area contributed by atoms with Crippen LogP contribution in [-0.4, -0.2) is 12.0 Å².